The number of anilines is 1. The normalized spacial score (nSPS) is 10.9. The fourth-order valence-electron chi connectivity index (χ4n) is 3.07. The van der Waals surface area contributed by atoms with Gasteiger partial charge in [0, 0.05) is 10.7 Å². The Morgan fingerprint density at radius 2 is 1.88 bits per heavy atom. The van der Waals surface area contributed by atoms with Crippen LogP contribution in [0.1, 0.15) is 22.3 Å². The number of ether oxygens (including phenoxy) is 2. The van der Waals surface area contributed by atoms with Gasteiger partial charge in [0.1, 0.15) is 18.2 Å². The maximum atomic E-state index is 12.7. The first-order valence-corrected chi connectivity index (χ1v) is 10.3. The first kappa shape index (κ1) is 22.9. The van der Waals surface area contributed by atoms with E-state index in [1.54, 1.807) is 24.3 Å². The van der Waals surface area contributed by atoms with Gasteiger partial charge in [-0.3, -0.25) is 4.79 Å². The van der Waals surface area contributed by atoms with Gasteiger partial charge >= 0.3 is 0 Å². The van der Waals surface area contributed by atoms with E-state index in [2.05, 4.69) is 5.32 Å². The lowest BCUT2D eigenvalue weighted by atomic mass is 10.1. The van der Waals surface area contributed by atoms with Gasteiger partial charge in [0.15, 0.2) is 11.5 Å². The summed E-state index contributed by atoms with van der Waals surface area (Å²) in [5.41, 5.74) is 4.26. The molecule has 0 aliphatic heterocycles. The zero-order valence-electron chi connectivity index (χ0n) is 18.1. The molecule has 0 saturated heterocycles. The number of methoxy groups -OCH3 is 1. The van der Waals surface area contributed by atoms with Crippen LogP contribution in [0.3, 0.4) is 0 Å². The summed E-state index contributed by atoms with van der Waals surface area (Å²) in [6.07, 6.45) is 1.52. The molecule has 1 amide bonds. The molecule has 0 aliphatic rings. The van der Waals surface area contributed by atoms with Crippen LogP contribution in [0, 0.1) is 25.2 Å². The smallest absolute Gasteiger partial charge is 0.266 e. The highest BCUT2D eigenvalue weighted by Crippen LogP contribution is 2.30. The Balaban J connectivity index is 1.77. The maximum absolute atomic E-state index is 12.7. The topological polar surface area (TPSA) is 71.3 Å². The molecule has 6 heteroatoms. The molecular weight excluding hydrogens is 424 g/mol. The molecule has 162 valence electrons. The van der Waals surface area contributed by atoms with E-state index < -0.39 is 5.91 Å². The van der Waals surface area contributed by atoms with Gasteiger partial charge in [0.05, 0.1) is 7.11 Å². The van der Waals surface area contributed by atoms with Crippen molar-refractivity contribution in [2.75, 3.05) is 12.4 Å². The molecule has 0 bridgehead atoms. The molecule has 3 aromatic carbocycles. The SMILES string of the molecule is COc1cc(/C=C(\C#N)C(=O)Nc2cccc(C)c2C)ccc1OCc1cccc(Cl)c1. The molecule has 0 aliphatic carbocycles. The first-order chi connectivity index (χ1) is 15.4. The second-order valence-electron chi connectivity index (χ2n) is 7.20. The molecule has 0 aromatic heterocycles. The first-order valence-electron chi connectivity index (χ1n) is 9.96. The fourth-order valence-corrected chi connectivity index (χ4v) is 3.29. The lowest BCUT2D eigenvalue weighted by Crippen LogP contribution is -2.14. The summed E-state index contributed by atoms with van der Waals surface area (Å²) in [6, 6.07) is 20.2. The van der Waals surface area contributed by atoms with Crippen molar-refractivity contribution in [3.63, 3.8) is 0 Å². The third kappa shape index (κ3) is 5.69. The van der Waals surface area contributed by atoms with Gasteiger partial charge in [-0.15, -0.1) is 0 Å². The summed E-state index contributed by atoms with van der Waals surface area (Å²) in [6.45, 7) is 4.22. The monoisotopic (exact) mass is 446 g/mol. The van der Waals surface area contributed by atoms with E-state index in [1.807, 2.05) is 56.3 Å². The zero-order chi connectivity index (χ0) is 23.1. The number of benzene rings is 3. The lowest BCUT2D eigenvalue weighted by Gasteiger charge is -2.12. The number of rotatable bonds is 7. The Bertz CT molecular complexity index is 1210. The summed E-state index contributed by atoms with van der Waals surface area (Å²) in [4.78, 5) is 12.7. The fraction of sp³-hybridized carbons (Fsp3) is 0.154. The number of carbonyl (C=O) groups is 1. The molecule has 0 saturated carbocycles. The van der Waals surface area contributed by atoms with Gasteiger partial charge in [-0.25, -0.2) is 0 Å². The number of aryl methyl sites for hydroxylation is 1. The molecule has 0 fully saturated rings. The minimum Gasteiger partial charge on any atom is -0.493 e. The highest BCUT2D eigenvalue weighted by Gasteiger charge is 2.13. The largest absolute Gasteiger partial charge is 0.493 e. The van der Waals surface area contributed by atoms with Gasteiger partial charge in [0.2, 0.25) is 0 Å². The van der Waals surface area contributed by atoms with E-state index in [0.717, 1.165) is 16.7 Å². The molecule has 0 radical (unpaired) electrons. The molecule has 32 heavy (non-hydrogen) atoms. The number of nitriles is 1. The molecule has 0 spiro atoms. The number of nitrogens with one attached hydrogen (secondary N) is 1. The maximum Gasteiger partial charge on any atom is 0.266 e. The van der Waals surface area contributed by atoms with Crippen molar-refractivity contribution < 1.29 is 14.3 Å². The highest BCUT2D eigenvalue weighted by molar-refractivity contribution is 6.30. The predicted molar refractivity (Wildman–Crippen MR) is 127 cm³/mol. The van der Waals surface area contributed by atoms with Crippen molar-refractivity contribution in [1.82, 2.24) is 0 Å². The van der Waals surface area contributed by atoms with Gasteiger partial charge in [0.25, 0.3) is 5.91 Å². The van der Waals surface area contributed by atoms with Crippen LogP contribution in [-0.2, 0) is 11.4 Å². The molecule has 3 rings (SSSR count). The average Bonchev–Trinajstić information content (AvgIpc) is 2.79. The standard InChI is InChI=1S/C26H23ClN2O3/c1-17-6-4-9-23(18(17)2)29-26(30)21(15-28)12-19-10-11-24(25(14-19)31-3)32-16-20-7-5-8-22(27)13-20/h4-14H,16H2,1-3H3,(H,29,30)/b21-12+. The summed E-state index contributed by atoms with van der Waals surface area (Å²) >= 11 is 6.02. The van der Waals surface area contributed by atoms with E-state index >= 15 is 0 Å². The molecule has 5 nitrogen and oxygen atoms in total. The number of nitrogens with zero attached hydrogens (tertiary/aromatic N) is 1. The number of hydrogen-bond donors (Lipinski definition) is 1. The summed E-state index contributed by atoms with van der Waals surface area (Å²) < 4.78 is 11.3. The van der Waals surface area contributed by atoms with Crippen molar-refractivity contribution in [2.45, 2.75) is 20.5 Å². The predicted octanol–water partition coefficient (Wildman–Crippen LogP) is 6.09. The Hall–Kier alpha value is -3.75. The van der Waals surface area contributed by atoms with Crippen LogP contribution in [0.25, 0.3) is 6.08 Å². The van der Waals surface area contributed by atoms with Crippen LogP contribution in [0.4, 0.5) is 5.69 Å². The Morgan fingerprint density at radius 1 is 1.09 bits per heavy atom. The van der Waals surface area contributed by atoms with Crippen LogP contribution in [-0.4, -0.2) is 13.0 Å². The molecule has 3 aromatic rings. The van der Waals surface area contributed by atoms with Gasteiger partial charge < -0.3 is 14.8 Å². The van der Waals surface area contributed by atoms with Crippen LogP contribution in [0.15, 0.2) is 66.2 Å². The number of amides is 1. The number of carbonyl (C=O) groups excluding carboxylic acids is 1. The summed E-state index contributed by atoms with van der Waals surface area (Å²) in [5.74, 6) is 0.567. The Morgan fingerprint density at radius 3 is 2.59 bits per heavy atom. The van der Waals surface area contributed by atoms with Crippen LogP contribution < -0.4 is 14.8 Å². The second kappa shape index (κ2) is 10.5. The Labute approximate surface area is 192 Å². The third-order valence-corrected chi connectivity index (χ3v) is 5.24. The molecule has 0 unspecified atom stereocenters. The number of hydrogen-bond acceptors (Lipinski definition) is 4. The van der Waals surface area contributed by atoms with E-state index in [-0.39, 0.29) is 5.57 Å². The Kier molecular flexibility index (Phi) is 7.54. The van der Waals surface area contributed by atoms with Crippen molar-refractivity contribution >= 4 is 29.3 Å². The van der Waals surface area contributed by atoms with Gasteiger partial charge in [-0.05, 0) is 72.5 Å². The average molecular weight is 447 g/mol. The molecule has 0 heterocycles. The van der Waals surface area contributed by atoms with Crippen molar-refractivity contribution in [2.24, 2.45) is 0 Å². The molecule has 1 N–H and O–H groups in total. The van der Waals surface area contributed by atoms with Crippen molar-refractivity contribution in [3.05, 3.63) is 93.5 Å². The van der Waals surface area contributed by atoms with Crippen molar-refractivity contribution in [3.8, 4) is 17.6 Å². The molecular formula is C26H23ClN2O3. The minimum absolute atomic E-state index is 0.0134. The van der Waals surface area contributed by atoms with E-state index in [9.17, 15) is 10.1 Å². The van der Waals surface area contributed by atoms with Crippen molar-refractivity contribution in [1.29, 1.82) is 5.26 Å². The lowest BCUT2D eigenvalue weighted by molar-refractivity contribution is -0.112. The van der Waals surface area contributed by atoms with Gasteiger partial charge in [-0.1, -0.05) is 41.9 Å². The van der Waals surface area contributed by atoms with E-state index in [4.69, 9.17) is 21.1 Å². The highest BCUT2D eigenvalue weighted by atomic mass is 35.5. The summed E-state index contributed by atoms with van der Waals surface area (Å²) in [5, 5.41) is 13.0. The van der Waals surface area contributed by atoms with Crippen LogP contribution in [0.2, 0.25) is 5.02 Å². The molecule has 0 atom stereocenters. The second-order valence-corrected chi connectivity index (χ2v) is 7.64. The minimum atomic E-state index is -0.471. The zero-order valence-corrected chi connectivity index (χ0v) is 18.9. The van der Waals surface area contributed by atoms with E-state index in [1.165, 1.54) is 13.2 Å². The number of halogens is 1. The quantitative estimate of drug-likeness (QED) is 0.352. The summed E-state index contributed by atoms with van der Waals surface area (Å²) in [7, 11) is 1.54. The van der Waals surface area contributed by atoms with Crippen LogP contribution >= 0.6 is 11.6 Å². The van der Waals surface area contributed by atoms with Gasteiger partial charge in [-0.2, -0.15) is 5.26 Å². The van der Waals surface area contributed by atoms with E-state index in [0.29, 0.717) is 34.4 Å². The van der Waals surface area contributed by atoms with Crippen LogP contribution in [0.5, 0.6) is 11.5 Å². The third-order valence-electron chi connectivity index (χ3n) is 5.00.